The van der Waals surface area contributed by atoms with Gasteiger partial charge in [-0.3, -0.25) is 5.10 Å². The summed E-state index contributed by atoms with van der Waals surface area (Å²) in [5.74, 6) is 0.447. The third kappa shape index (κ3) is 2.72. The number of aromatic amines is 1. The molecule has 0 aliphatic heterocycles. The molecule has 0 bridgehead atoms. The minimum atomic E-state index is 0.419. The molecule has 3 N–H and O–H groups in total. The van der Waals surface area contributed by atoms with Crippen molar-refractivity contribution in [3.8, 4) is 17.3 Å². The molecule has 6 heteroatoms. The molecule has 1 aromatic heterocycles. The van der Waals surface area contributed by atoms with Crippen molar-refractivity contribution >= 4 is 17.8 Å². The number of nitrogens with two attached hydrogens (primary N) is 1. The lowest BCUT2D eigenvalue weighted by Gasteiger charge is -2.01. The Hall–Kier alpha value is -2.81. The van der Waals surface area contributed by atoms with Crippen molar-refractivity contribution in [2.24, 2.45) is 4.99 Å². The van der Waals surface area contributed by atoms with Gasteiger partial charge in [-0.15, -0.1) is 0 Å². The molecule has 0 spiro atoms. The number of nitriles is 1. The number of nitrogen functional groups attached to an aromatic ring is 1. The molecule has 0 amide bonds. The minimum absolute atomic E-state index is 0.419. The van der Waals surface area contributed by atoms with Crippen molar-refractivity contribution in [2.45, 2.75) is 0 Å². The summed E-state index contributed by atoms with van der Waals surface area (Å²) in [7, 11) is 3.71. The molecule has 0 aliphatic carbocycles. The normalized spacial score (nSPS) is 10.6. The largest absolute Gasteiger partial charge is 0.399 e. The summed E-state index contributed by atoms with van der Waals surface area (Å²) < 4.78 is 0. The third-order valence-electron chi connectivity index (χ3n) is 2.46. The first-order valence-corrected chi connectivity index (χ1v) is 5.67. The highest BCUT2D eigenvalue weighted by atomic mass is 15.2. The molecular formula is C13H14N6. The Morgan fingerprint density at radius 3 is 2.63 bits per heavy atom. The van der Waals surface area contributed by atoms with Gasteiger partial charge in [-0.1, -0.05) is 12.1 Å². The Bertz CT molecular complexity index is 630. The smallest absolute Gasteiger partial charge is 0.168 e. The van der Waals surface area contributed by atoms with Crippen LogP contribution in [0.2, 0.25) is 0 Å². The van der Waals surface area contributed by atoms with Crippen LogP contribution >= 0.6 is 0 Å². The van der Waals surface area contributed by atoms with E-state index in [1.54, 1.807) is 23.4 Å². The third-order valence-corrected chi connectivity index (χ3v) is 2.46. The molecule has 1 aromatic carbocycles. The monoisotopic (exact) mass is 254 g/mol. The molecule has 0 fully saturated rings. The number of aromatic nitrogens is 2. The standard InChI is InChI=1S/C13H14N6/c1-19(2)8-16-13-11(7-14)12(17-18-13)9-3-5-10(15)6-4-9/h3-6,8H,15H2,1-2H3,(H,17,18)/b16-8-. The molecule has 0 saturated carbocycles. The van der Waals surface area contributed by atoms with Crippen molar-refractivity contribution in [3.63, 3.8) is 0 Å². The van der Waals surface area contributed by atoms with Gasteiger partial charge in [-0.2, -0.15) is 10.4 Å². The molecule has 0 aliphatic rings. The van der Waals surface area contributed by atoms with E-state index in [2.05, 4.69) is 21.3 Å². The van der Waals surface area contributed by atoms with Crippen LogP contribution in [0.25, 0.3) is 11.3 Å². The molecule has 0 atom stereocenters. The van der Waals surface area contributed by atoms with E-state index in [0.717, 1.165) is 5.56 Å². The number of hydrogen-bond acceptors (Lipinski definition) is 4. The first-order chi connectivity index (χ1) is 9.11. The Labute approximate surface area is 111 Å². The molecule has 1 heterocycles. The maximum atomic E-state index is 9.25. The fourth-order valence-corrected chi connectivity index (χ4v) is 1.56. The highest BCUT2D eigenvalue weighted by molar-refractivity contribution is 5.74. The summed E-state index contributed by atoms with van der Waals surface area (Å²) in [5.41, 5.74) is 8.13. The number of benzene rings is 1. The summed E-state index contributed by atoms with van der Waals surface area (Å²) in [5, 5.41) is 16.2. The number of aliphatic imine (C=N–C) groups is 1. The van der Waals surface area contributed by atoms with E-state index in [4.69, 9.17) is 5.73 Å². The summed E-state index contributed by atoms with van der Waals surface area (Å²) in [4.78, 5) is 5.96. The average Bonchev–Trinajstić information content (AvgIpc) is 2.80. The average molecular weight is 254 g/mol. The second-order valence-electron chi connectivity index (χ2n) is 4.24. The Balaban J connectivity index is 2.43. The van der Waals surface area contributed by atoms with E-state index in [9.17, 15) is 5.26 Å². The van der Waals surface area contributed by atoms with E-state index in [0.29, 0.717) is 22.8 Å². The van der Waals surface area contributed by atoms with Gasteiger partial charge in [0.05, 0.1) is 6.34 Å². The van der Waals surface area contributed by atoms with E-state index < -0.39 is 0 Å². The van der Waals surface area contributed by atoms with E-state index in [-0.39, 0.29) is 0 Å². The lowest BCUT2D eigenvalue weighted by atomic mass is 10.1. The van der Waals surface area contributed by atoms with Crippen LogP contribution in [0.4, 0.5) is 11.5 Å². The lowest BCUT2D eigenvalue weighted by molar-refractivity contribution is 0.643. The van der Waals surface area contributed by atoms with Gasteiger partial charge < -0.3 is 10.6 Å². The van der Waals surface area contributed by atoms with Gasteiger partial charge in [0.2, 0.25) is 0 Å². The number of nitrogens with zero attached hydrogens (tertiary/aromatic N) is 4. The highest BCUT2D eigenvalue weighted by Gasteiger charge is 2.13. The van der Waals surface area contributed by atoms with Gasteiger partial charge in [-0.25, -0.2) is 4.99 Å². The van der Waals surface area contributed by atoms with Crippen LogP contribution in [0, 0.1) is 11.3 Å². The summed E-state index contributed by atoms with van der Waals surface area (Å²) in [6.45, 7) is 0. The summed E-state index contributed by atoms with van der Waals surface area (Å²) >= 11 is 0. The molecule has 96 valence electrons. The number of nitrogens with one attached hydrogen (secondary N) is 1. The second kappa shape index (κ2) is 5.23. The number of H-pyrrole nitrogens is 1. The van der Waals surface area contributed by atoms with Gasteiger partial charge in [0, 0.05) is 25.3 Å². The van der Waals surface area contributed by atoms with Crippen LogP contribution in [0.1, 0.15) is 5.56 Å². The molecule has 0 radical (unpaired) electrons. The highest BCUT2D eigenvalue weighted by Crippen LogP contribution is 2.27. The van der Waals surface area contributed by atoms with Crippen molar-refractivity contribution in [1.82, 2.24) is 15.1 Å². The van der Waals surface area contributed by atoms with Crippen molar-refractivity contribution < 1.29 is 0 Å². The van der Waals surface area contributed by atoms with Crippen LogP contribution in [0.3, 0.4) is 0 Å². The quantitative estimate of drug-likeness (QED) is 0.495. The minimum Gasteiger partial charge on any atom is -0.399 e. The van der Waals surface area contributed by atoms with Crippen LogP contribution in [-0.4, -0.2) is 35.5 Å². The maximum absolute atomic E-state index is 9.25. The van der Waals surface area contributed by atoms with Crippen LogP contribution in [0.5, 0.6) is 0 Å². The molecule has 0 saturated heterocycles. The Kier molecular flexibility index (Phi) is 3.48. The predicted molar refractivity (Wildman–Crippen MR) is 75.0 cm³/mol. The number of rotatable bonds is 3. The number of hydrogen-bond donors (Lipinski definition) is 2. The zero-order chi connectivity index (χ0) is 13.8. The van der Waals surface area contributed by atoms with Gasteiger partial charge in [0.1, 0.15) is 17.3 Å². The Morgan fingerprint density at radius 1 is 1.37 bits per heavy atom. The van der Waals surface area contributed by atoms with Gasteiger partial charge in [0.15, 0.2) is 5.82 Å². The van der Waals surface area contributed by atoms with Gasteiger partial charge >= 0.3 is 0 Å². The van der Waals surface area contributed by atoms with E-state index in [1.165, 1.54) is 0 Å². The van der Waals surface area contributed by atoms with Gasteiger partial charge in [-0.05, 0) is 12.1 Å². The predicted octanol–water partition coefficient (Wildman–Crippen LogP) is 1.75. The van der Waals surface area contributed by atoms with E-state index >= 15 is 0 Å². The topological polar surface area (TPSA) is 94.1 Å². The summed E-state index contributed by atoms with van der Waals surface area (Å²) in [6.07, 6.45) is 1.61. The second-order valence-corrected chi connectivity index (χ2v) is 4.24. The van der Waals surface area contributed by atoms with Crippen molar-refractivity contribution in [3.05, 3.63) is 29.8 Å². The first kappa shape index (κ1) is 12.6. The molecule has 6 nitrogen and oxygen atoms in total. The molecule has 2 rings (SSSR count). The van der Waals surface area contributed by atoms with Crippen LogP contribution in [0.15, 0.2) is 29.3 Å². The molecule has 19 heavy (non-hydrogen) atoms. The molecular weight excluding hydrogens is 240 g/mol. The van der Waals surface area contributed by atoms with Gasteiger partial charge in [0.25, 0.3) is 0 Å². The summed E-state index contributed by atoms with van der Waals surface area (Å²) in [6, 6.07) is 9.32. The zero-order valence-corrected chi connectivity index (χ0v) is 10.8. The first-order valence-electron chi connectivity index (χ1n) is 5.67. The fourth-order valence-electron chi connectivity index (χ4n) is 1.56. The van der Waals surface area contributed by atoms with Crippen LogP contribution in [-0.2, 0) is 0 Å². The molecule has 0 unspecified atom stereocenters. The van der Waals surface area contributed by atoms with Crippen molar-refractivity contribution in [1.29, 1.82) is 5.26 Å². The zero-order valence-electron chi connectivity index (χ0n) is 10.8. The van der Waals surface area contributed by atoms with E-state index in [1.807, 2.05) is 26.2 Å². The fraction of sp³-hybridized carbons (Fsp3) is 0.154. The number of anilines is 1. The van der Waals surface area contributed by atoms with Crippen molar-refractivity contribution in [2.75, 3.05) is 19.8 Å². The lowest BCUT2D eigenvalue weighted by Crippen LogP contribution is -2.07. The maximum Gasteiger partial charge on any atom is 0.168 e. The molecule has 2 aromatic rings. The van der Waals surface area contributed by atoms with Crippen LogP contribution < -0.4 is 5.73 Å². The Morgan fingerprint density at radius 2 is 2.05 bits per heavy atom. The SMILES string of the molecule is CN(C)/C=N\c1[nH]nc(-c2ccc(N)cc2)c1C#N.